The number of anilines is 1. The fourth-order valence-corrected chi connectivity index (χ4v) is 3.63. The van der Waals surface area contributed by atoms with Gasteiger partial charge in [-0.3, -0.25) is 9.69 Å². The summed E-state index contributed by atoms with van der Waals surface area (Å²) >= 11 is 0. The zero-order chi connectivity index (χ0) is 22.5. The molecule has 1 saturated heterocycles. The van der Waals surface area contributed by atoms with Gasteiger partial charge >= 0.3 is 5.97 Å². The number of nitrogens with zero attached hydrogens (tertiary/aromatic N) is 3. The smallest absolute Gasteiger partial charge is 0.337 e. The van der Waals surface area contributed by atoms with Crippen molar-refractivity contribution in [1.82, 2.24) is 15.0 Å². The average Bonchev–Trinajstić information content (AvgIpc) is 3.28. The lowest BCUT2D eigenvalue weighted by molar-refractivity contribution is -0.121. The van der Waals surface area contributed by atoms with Crippen LogP contribution < -0.4 is 5.32 Å². The first kappa shape index (κ1) is 21.6. The van der Waals surface area contributed by atoms with Crippen LogP contribution in [0.15, 0.2) is 53.1 Å². The van der Waals surface area contributed by atoms with Gasteiger partial charge in [-0.25, -0.2) is 9.18 Å². The third-order valence-corrected chi connectivity index (χ3v) is 5.46. The lowest BCUT2D eigenvalue weighted by Crippen LogP contribution is -2.37. The Kier molecular flexibility index (Phi) is 6.55. The maximum absolute atomic E-state index is 13.1. The Labute approximate surface area is 184 Å². The number of halogens is 1. The van der Waals surface area contributed by atoms with Gasteiger partial charge in [0.05, 0.1) is 19.2 Å². The van der Waals surface area contributed by atoms with Gasteiger partial charge in [0, 0.05) is 17.2 Å². The summed E-state index contributed by atoms with van der Waals surface area (Å²) in [5.41, 5.74) is 1.77. The van der Waals surface area contributed by atoms with Crippen LogP contribution in [0.5, 0.6) is 0 Å². The molecule has 8 nitrogen and oxygen atoms in total. The quantitative estimate of drug-likeness (QED) is 0.588. The zero-order valence-corrected chi connectivity index (χ0v) is 17.6. The molecule has 166 valence electrons. The molecule has 2 aromatic carbocycles. The van der Waals surface area contributed by atoms with Gasteiger partial charge in [0.1, 0.15) is 5.82 Å². The Morgan fingerprint density at radius 1 is 1.12 bits per heavy atom. The summed E-state index contributed by atoms with van der Waals surface area (Å²) in [7, 11) is 1.33. The number of ether oxygens (including phenoxy) is 1. The van der Waals surface area contributed by atoms with Crippen LogP contribution in [0.2, 0.25) is 0 Å². The van der Waals surface area contributed by atoms with Gasteiger partial charge in [-0.15, -0.1) is 0 Å². The predicted octanol–water partition coefficient (Wildman–Crippen LogP) is 3.51. The number of esters is 1. The molecule has 32 heavy (non-hydrogen) atoms. The second-order valence-electron chi connectivity index (χ2n) is 7.63. The molecule has 1 fully saturated rings. The molecule has 3 aromatic rings. The summed E-state index contributed by atoms with van der Waals surface area (Å²) in [6.07, 6.45) is 1.43. The van der Waals surface area contributed by atoms with Crippen LogP contribution >= 0.6 is 0 Å². The molecule has 0 aliphatic carbocycles. The van der Waals surface area contributed by atoms with E-state index in [4.69, 9.17) is 4.52 Å². The Bertz CT molecular complexity index is 1070. The van der Waals surface area contributed by atoms with Gasteiger partial charge < -0.3 is 14.6 Å². The highest BCUT2D eigenvalue weighted by Gasteiger charge is 2.26. The highest BCUT2D eigenvalue weighted by molar-refractivity contribution is 5.94. The molecular formula is C23H23FN4O4. The van der Waals surface area contributed by atoms with Gasteiger partial charge in [-0.2, -0.15) is 4.98 Å². The maximum atomic E-state index is 13.1. The summed E-state index contributed by atoms with van der Waals surface area (Å²) in [4.78, 5) is 30.7. The Hall–Kier alpha value is -3.59. The van der Waals surface area contributed by atoms with Gasteiger partial charge in [-0.1, -0.05) is 5.16 Å². The van der Waals surface area contributed by atoms with Crippen molar-refractivity contribution in [3.8, 4) is 11.4 Å². The normalized spacial score (nSPS) is 14.8. The minimum Gasteiger partial charge on any atom is -0.465 e. The number of likely N-dealkylation sites (tertiary alicyclic amines) is 1. The fraction of sp³-hybridized carbons (Fsp3) is 0.304. The van der Waals surface area contributed by atoms with Crippen LogP contribution in [0.25, 0.3) is 11.4 Å². The van der Waals surface area contributed by atoms with Crippen molar-refractivity contribution in [2.24, 2.45) is 5.92 Å². The van der Waals surface area contributed by atoms with Gasteiger partial charge in [0.15, 0.2) is 0 Å². The highest BCUT2D eigenvalue weighted by Crippen LogP contribution is 2.22. The van der Waals surface area contributed by atoms with Crippen molar-refractivity contribution >= 4 is 17.6 Å². The second kappa shape index (κ2) is 9.69. The van der Waals surface area contributed by atoms with Crippen molar-refractivity contribution in [1.29, 1.82) is 0 Å². The van der Waals surface area contributed by atoms with E-state index in [1.54, 1.807) is 36.4 Å². The molecule has 9 heteroatoms. The number of aromatic nitrogens is 2. The molecule has 0 radical (unpaired) electrons. The lowest BCUT2D eigenvalue weighted by Gasteiger charge is -2.30. The number of carbonyl (C=O) groups excluding carboxylic acids is 2. The van der Waals surface area contributed by atoms with E-state index in [2.05, 4.69) is 25.1 Å². The van der Waals surface area contributed by atoms with E-state index in [-0.39, 0.29) is 17.6 Å². The molecule has 0 unspecified atom stereocenters. The number of benzene rings is 2. The van der Waals surface area contributed by atoms with Crippen LogP contribution in [0.3, 0.4) is 0 Å². The van der Waals surface area contributed by atoms with E-state index in [0.29, 0.717) is 47.9 Å². The molecule has 0 saturated carbocycles. The Balaban J connectivity index is 1.26. The van der Waals surface area contributed by atoms with Gasteiger partial charge in [-0.05, 0) is 74.5 Å². The van der Waals surface area contributed by atoms with Crippen molar-refractivity contribution in [2.45, 2.75) is 19.4 Å². The van der Waals surface area contributed by atoms with Gasteiger partial charge in [0.25, 0.3) is 0 Å². The largest absolute Gasteiger partial charge is 0.465 e. The minimum absolute atomic E-state index is 0.0353. The molecule has 1 N–H and O–H groups in total. The van der Waals surface area contributed by atoms with Crippen LogP contribution in [0.1, 0.15) is 29.1 Å². The Morgan fingerprint density at radius 3 is 2.47 bits per heavy atom. The third kappa shape index (κ3) is 5.17. The number of piperidine rings is 1. The number of hydrogen-bond acceptors (Lipinski definition) is 7. The molecular weight excluding hydrogens is 415 g/mol. The fourth-order valence-electron chi connectivity index (χ4n) is 3.63. The van der Waals surface area contributed by atoms with Gasteiger partial charge in [0.2, 0.25) is 17.6 Å². The predicted molar refractivity (Wildman–Crippen MR) is 114 cm³/mol. The number of carbonyl (C=O) groups is 2. The summed E-state index contributed by atoms with van der Waals surface area (Å²) < 4.78 is 23.1. The van der Waals surface area contributed by atoms with Crippen molar-refractivity contribution in [3.05, 3.63) is 65.8 Å². The Morgan fingerprint density at radius 2 is 1.81 bits per heavy atom. The summed E-state index contributed by atoms with van der Waals surface area (Å²) in [6.45, 7) is 1.96. The van der Waals surface area contributed by atoms with E-state index in [9.17, 15) is 14.0 Å². The molecule has 1 amide bonds. The number of rotatable bonds is 6. The standard InChI is InChI=1S/C23H23FN4O4/c1-31-23(30)17-4-8-19(9-5-17)25-22(29)16-10-12-28(13-11-16)14-20-26-21(27-32-20)15-2-6-18(24)7-3-15/h2-9,16H,10-14H2,1H3,(H,25,29). The molecule has 2 heterocycles. The van der Waals surface area contributed by atoms with E-state index in [1.165, 1.54) is 19.2 Å². The molecule has 4 rings (SSSR count). The van der Waals surface area contributed by atoms with Crippen LogP contribution in [0.4, 0.5) is 10.1 Å². The number of methoxy groups -OCH3 is 1. The number of amides is 1. The lowest BCUT2D eigenvalue weighted by atomic mass is 9.96. The van der Waals surface area contributed by atoms with Crippen molar-refractivity contribution in [2.75, 3.05) is 25.5 Å². The number of hydrogen-bond donors (Lipinski definition) is 1. The molecule has 1 aliphatic heterocycles. The third-order valence-electron chi connectivity index (χ3n) is 5.46. The summed E-state index contributed by atoms with van der Waals surface area (Å²) in [6, 6.07) is 12.5. The summed E-state index contributed by atoms with van der Waals surface area (Å²) in [5.74, 6) is 0.0464. The topological polar surface area (TPSA) is 97.6 Å². The highest BCUT2D eigenvalue weighted by atomic mass is 19.1. The molecule has 0 spiro atoms. The first-order valence-corrected chi connectivity index (χ1v) is 10.3. The van der Waals surface area contributed by atoms with Crippen molar-refractivity contribution in [3.63, 3.8) is 0 Å². The van der Waals surface area contributed by atoms with E-state index >= 15 is 0 Å². The second-order valence-corrected chi connectivity index (χ2v) is 7.63. The van der Waals surface area contributed by atoms with Crippen molar-refractivity contribution < 1.29 is 23.2 Å². The first-order valence-electron chi connectivity index (χ1n) is 10.3. The van der Waals surface area contributed by atoms with E-state index < -0.39 is 5.97 Å². The molecule has 1 aliphatic rings. The van der Waals surface area contributed by atoms with E-state index in [1.807, 2.05) is 0 Å². The first-order chi connectivity index (χ1) is 15.5. The zero-order valence-electron chi connectivity index (χ0n) is 17.6. The maximum Gasteiger partial charge on any atom is 0.337 e. The van der Waals surface area contributed by atoms with E-state index in [0.717, 1.165) is 13.1 Å². The molecule has 1 aromatic heterocycles. The average molecular weight is 438 g/mol. The van der Waals surface area contributed by atoms with Crippen LogP contribution in [-0.2, 0) is 16.1 Å². The minimum atomic E-state index is -0.415. The SMILES string of the molecule is COC(=O)c1ccc(NC(=O)C2CCN(Cc3nc(-c4ccc(F)cc4)no3)CC2)cc1. The number of nitrogens with one attached hydrogen (secondary N) is 1. The van der Waals surface area contributed by atoms with Crippen LogP contribution in [0, 0.1) is 11.7 Å². The molecule has 0 atom stereocenters. The van der Waals surface area contributed by atoms with Crippen LogP contribution in [-0.4, -0.2) is 47.1 Å². The summed E-state index contributed by atoms with van der Waals surface area (Å²) in [5, 5.41) is 6.87. The monoisotopic (exact) mass is 438 g/mol. The molecule has 0 bridgehead atoms.